The smallest absolute Gasteiger partial charge is 0.319 e. The zero-order chi connectivity index (χ0) is 13.2. The Morgan fingerprint density at radius 2 is 2.00 bits per heavy atom. The zero-order valence-corrected chi connectivity index (χ0v) is 11.1. The summed E-state index contributed by atoms with van der Waals surface area (Å²) in [6.45, 7) is 0.808. The molecule has 2 aliphatic carbocycles. The van der Waals surface area contributed by atoms with Gasteiger partial charge in [0.05, 0.1) is 0 Å². The van der Waals surface area contributed by atoms with Crippen LogP contribution in [-0.2, 0) is 0 Å². The molecule has 0 saturated heterocycles. The molecule has 19 heavy (non-hydrogen) atoms. The van der Waals surface area contributed by atoms with E-state index in [9.17, 15) is 4.79 Å². The molecule has 4 nitrogen and oxygen atoms in total. The van der Waals surface area contributed by atoms with Crippen molar-refractivity contribution in [1.82, 2.24) is 5.32 Å². The fourth-order valence-corrected chi connectivity index (χ4v) is 3.59. The number of carbonyl (C=O) groups is 1. The van der Waals surface area contributed by atoms with Gasteiger partial charge >= 0.3 is 6.03 Å². The molecule has 2 saturated carbocycles. The lowest BCUT2D eigenvalue weighted by Gasteiger charge is -2.21. The van der Waals surface area contributed by atoms with Gasteiger partial charge in [-0.1, -0.05) is 6.42 Å². The van der Waals surface area contributed by atoms with E-state index in [1.807, 2.05) is 12.1 Å². The summed E-state index contributed by atoms with van der Waals surface area (Å²) in [5.74, 6) is 2.47. The van der Waals surface area contributed by atoms with Crippen LogP contribution in [0.4, 0.5) is 16.2 Å². The predicted molar refractivity (Wildman–Crippen MR) is 76.8 cm³/mol. The highest BCUT2D eigenvalue weighted by Crippen LogP contribution is 2.47. The molecule has 2 amide bonds. The van der Waals surface area contributed by atoms with Crippen molar-refractivity contribution in [3.05, 3.63) is 24.3 Å². The summed E-state index contributed by atoms with van der Waals surface area (Å²) >= 11 is 0. The molecule has 4 N–H and O–H groups in total. The van der Waals surface area contributed by atoms with Gasteiger partial charge in [0.15, 0.2) is 0 Å². The molecule has 0 aromatic heterocycles. The number of amides is 2. The van der Waals surface area contributed by atoms with Gasteiger partial charge in [-0.2, -0.15) is 0 Å². The third-order valence-electron chi connectivity index (χ3n) is 4.58. The zero-order valence-electron chi connectivity index (χ0n) is 11.1. The van der Waals surface area contributed by atoms with Crippen molar-refractivity contribution >= 4 is 17.4 Å². The first kappa shape index (κ1) is 12.3. The highest BCUT2D eigenvalue weighted by atomic mass is 16.2. The first-order valence-corrected chi connectivity index (χ1v) is 7.11. The maximum atomic E-state index is 11.8. The molecule has 3 atom stereocenters. The lowest BCUT2D eigenvalue weighted by atomic mass is 9.89. The Labute approximate surface area is 113 Å². The van der Waals surface area contributed by atoms with E-state index in [4.69, 9.17) is 5.73 Å². The molecule has 0 spiro atoms. The van der Waals surface area contributed by atoms with Gasteiger partial charge in [0.25, 0.3) is 0 Å². The van der Waals surface area contributed by atoms with Gasteiger partial charge in [0, 0.05) is 17.9 Å². The predicted octanol–water partition coefficient (Wildman–Crippen LogP) is 2.83. The van der Waals surface area contributed by atoms with Gasteiger partial charge < -0.3 is 16.4 Å². The molecular weight excluding hydrogens is 238 g/mol. The molecule has 0 heterocycles. The molecule has 2 fully saturated rings. The van der Waals surface area contributed by atoms with Crippen molar-refractivity contribution in [2.45, 2.75) is 25.7 Å². The number of carbonyl (C=O) groups excluding carboxylic acids is 1. The number of hydrogen-bond donors (Lipinski definition) is 3. The molecule has 1 aromatic carbocycles. The Morgan fingerprint density at radius 3 is 2.63 bits per heavy atom. The van der Waals surface area contributed by atoms with Crippen LogP contribution in [0.2, 0.25) is 0 Å². The van der Waals surface area contributed by atoms with Crippen LogP contribution < -0.4 is 16.4 Å². The molecule has 102 valence electrons. The minimum atomic E-state index is -0.118. The van der Waals surface area contributed by atoms with E-state index in [-0.39, 0.29) is 6.03 Å². The number of fused-ring (bicyclic) bond motifs is 2. The second-order valence-corrected chi connectivity index (χ2v) is 5.89. The van der Waals surface area contributed by atoms with Crippen LogP contribution in [0.5, 0.6) is 0 Å². The number of urea groups is 1. The lowest BCUT2D eigenvalue weighted by molar-refractivity contribution is 0.245. The minimum Gasteiger partial charge on any atom is -0.399 e. The summed E-state index contributed by atoms with van der Waals surface area (Å²) in [5.41, 5.74) is 7.08. The number of benzene rings is 1. The van der Waals surface area contributed by atoms with E-state index in [2.05, 4.69) is 10.6 Å². The first-order chi connectivity index (χ1) is 9.20. The average Bonchev–Trinajstić information content (AvgIpc) is 3.01. The van der Waals surface area contributed by atoms with Crippen LogP contribution in [-0.4, -0.2) is 12.6 Å². The van der Waals surface area contributed by atoms with E-state index in [0.717, 1.165) is 24.1 Å². The summed E-state index contributed by atoms with van der Waals surface area (Å²) in [4.78, 5) is 11.8. The van der Waals surface area contributed by atoms with E-state index < -0.39 is 0 Å². The van der Waals surface area contributed by atoms with Gasteiger partial charge in [0.2, 0.25) is 0 Å². The van der Waals surface area contributed by atoms with Crippen molar-refractivity contribution in [3.8, 4) is 0 Å². The summed E-state index contributed by atoms with van der Waals surface area (Å²) in [6, 6.07) is 7.07. The van der Waals surface area contributed by atoms with Crippen molar-refractivity contribution < 1.29 is 4.79 Å². The van der Waals surface area contributed by atoms with Crippen LogP contribution in [0, 0.1) is 17.8 Å². The normalized spacial score (nSPS) is 28.3. The Hall–Kier alpha value is -1.71. The van der Waals surface area contributed by atoms with Gasteiger partial charge in [-0.3, -0.25) is 0 Å². The Balaban J connectivity index is 1.45. The molecule has 3 rings (SSSR count). The molecule has 3 unspecified atom stereocenters. The summed E-state index contributed by atoms with van der Waals surface area (Å²) in [6.07, 6.45) is 5.44. The molecular formula is C15H21N3O. The molecule has 1 aromatic rings. The van der Waals surface area contributed by atoms with Crippen molar-refractivity contribution in [1.29, 1.82) is 0 Å². The first-order valence-electron chi connectivity index (χ1n) is 7.11. The minimum absolute atomic E-state index is 0.118. The fourth-order valence-electron chi connectivity index (χ4n) is 3.59. The summed E-state index contributed by atoms with van der Waals surface area (Å²) in [7, 11) is 0. The maximum Gasteiger partial charge on any atom is 0.319 e. The second-order valence-electron chi connectivity index (χ2n) is 5.89. The quantitative estimate of drug-likeness (QED) is 0.731. The van der Waals surface area contributed by atoms with Crippen LogP contribution in [0.1, 0.15) is 25.7 Å². The van der Waals surface area contributed by atoms with Crippen molar-refractivity contribution in [3.63, 3.8) is 0 Å². The van der Waals surface area contributed by atoms with E-state index in [1.165, 1.54) is 25.7 Å². The molecule has 2 bridgehead atoms. The number of anilines is 2. The fraction of sp³-hybridized carbons (Fsp3) is 0.533. The van der Waals surface area contributed by atoms with E-state index in [1.54, 1.807) is 12.1 Å². The van der Waals surface area contributed by atoms with Crippen molar-refractivity contribution in [2.24, 2.45) is 17.8 Å². The largest absolute Gasteiger partial charge is 0.399 e. The van der Waals surface area contributed by atoms with Gasteiger partial charge in [0.1, 0.15) is 0 Å². The Kier molecular flexibility index (Phi) is 3.32. The highest BCUT2D eigenvalue weighted by Gasteiger charge is 2.39. The Bertz CT molecular complexity index is 457. The van der Waals surface area contributed by atoms with Crippen LogP contribution in [0.25, 0.3) is 0 Å². The number of nitrogen functional groups attached to an aromatic ring is 1. The highest BCUT2D eigenvalue weighted by molar-refractivity contribution is 5.89. The second kappa shape index (κ2) is 5.11. The summed E-state index contributed by atoms with van der Waals surface area (Å²) < 4.78 is 0. The van der Waals surface area contributed by atoms with Gasteiger partial charge in [-0.25, -0.2) is 4.79 Å². The van der Waals surface area contributed by atoms with E-state index in [0.29, 0.717) is 11.6 Å². The van der Waals surface area contributed by atoms with Crippen LogP contribution in [0.15, 0.2) is 24.3 Å². The molecule has 0 radical (unpaired) electrons. The molecule has 4 heteroatoms. The molecule has 2 aliphatic rings. The van der Waals surface area contributed by atoms with Crippen LogP contribution >= 0.6 is 0 Å². The SMILES string of the molecule is Nc1ccc(NC(=O)NCC2CC3CCC2C3)cc1. The standard InChI is InChI=1S/C15H21N3O/c16-13-3-5-14(6-4-13)18-15(19)17-9-12-8-10-1-2-11(12)7-10/h3-6,10-12H,1-2,7-9,16H2,(H2,17,18,19). The third-order valence-corrected chi connectivity index (χ3v) is 4.58. The summed E-state index contributed by atoms with van der Waals surface area (Å²) in [5, 5.41) is 5.82. The van der Waals surface area contributed by atoms with Crippen molar-refractivity contribution in [2.75, 3.05) is 17.6 Å². The van der Waals surface area contributed by atoms with Gasteiger partial charge in [-0.15, -0.1) is 0 Å². The average molecular weight is 259 g/mol. The number of nitrogens with two attached hydrogens (primary N) is 1. The third kappa shape index (κ3) is 2.83. The monoisotopic (exact) mass is 259 g/mol. The van der Waals surface area contributed by atoms with E-state index >= 15 is 0 Å². The number of rotatable bonds is 3. The number of hydrogen-bond acceptors (Lipinski definition) is 2. The number of nitrogens with one attached hydrogen (secondary N) is 2. The lowest BCUT2D eigenvalue weighted by Crippen LogP contribution is -2.34. The van der Waals surface area contributed by atoms with Crippen LogP contribution in [0.3, 0.4) is 0 Å². The van der Waals surface area contributed by atoms with Gasteiger partial charge in [-0.05, 0) is 61.3 Å². The maximum absolute atomic E-state index is 11.8. The Morgan fingerprint density at radius 1 is 1.21 bits per heavy atom. The molecule has 0 aliphatic heterocycles. The topological polar surface area (TPSA) is 67.1 Å².